The summed E-state index contributed by atoms with van der Waals surface area (Å²) >= 11 is 0. The van der Waals surface area contributed by atoms with Gasteiger partial charge in [-0.2, -0.15) is 0 Å². The Bertz CT molecular complexity index is 676. The van der Waals surface area contributed by atoms with Crippen molar-refractivity contribution >= 4 is 23.9 Å². The van der Waals surface area contributed by atoms with Gasteiger partial charge in [0.15, 0.2) is 0 Å². The molecule has 48 heavy (non-hydrogen) atoms. The van der Waals surface area contributed by atoms with E-state index in [1.165, 1.54) is 141 Å². The average Bonchev–Trinajstić information content (AvgIpc) is 3.00. The third-order valence-electron chi connectivity index (χ3n) is 7.30. The van der Waals surface area contributed by atoms with Gasteiger partial charge in [0.25, 0.3) is 11.9 Å². The molecular formula is C40H76O8. The third-order valence-corrected chi connectivity index (χ3v) is 7.30. The maximum absolute atomic E-state index is 10.3. The standard InChI is InChI=1S/2C18H34O2.2C2H4O2/c2*1-2-3-4-5-6-7-8-9-10-11-12-13-14-15-16-17-18(19)20;2*1-2(3)4/h2*9-10H,2-8,11-17H2,1H3,(H,19,20);2*1H3,(H,3,4)/b2*10-9-;;. The van der Waals surface area contributed by atoms with Crippen molar-refractivity contribution in [1.29, 1.82) is 0 Å². The number of allylic oxidation sites excluding steroid dienone is 4. The van der Waals surface area contributed by atoms with Gasteiger partial charge in [0.05, 0.1) is 0 Å². The van der Waals surface area contributed by atoms with Crippen LogP contribution in [0.15, 0.2) is 24.3 Å². The van der Waals surface area contributed by atoms with Gasteiger partial charge in [0, 0.05) is 26.7 Å². The molecule has 0 spiro atoms. The number of carboxylic acid groups (broad SMARTS) is 4. The van der Waals surface area contributed by atoms with Crippen LogP contribution in [0.5, 0.6) is 0 Å². The van der Waals surface area contributed by atoms with E-state index in [-0.39, 0.29) is 0 Å². The van der Waals surface area contributed by atoms with Crippen LogP contribution in [-0.4, -0.2) is 44.3 Å². The second-order valence-corrected chi connectivity index (χ2v) is 12.5. The summed E-state index contributed by atoms with van der Waals surface area (Å²) < 4.78 is 0. The topological polar surface area (TPSA) is 149 Å². The van der Waals surface area contributed by atoms with Crippen LogP contribution in [0.3, 0.4) is 0 Å². The largest absolute Gasteiger partial charge is 0.481 e. The zero-order chi connectivity index (χ0) is 36.9. The van der Waals surface area contributed by atoms with Crippen LogP contribution in [-0.2, 0) is 19.2 Å². The van der Waals surface area contributed by atoms with Crippen molar-refractivity contribution in [2.24, 2.45) is 0 Å². The first-order chi connectivity index (χ1) is 23.0. The molecule has 0 aliphatic heterocycles. The molecule has 0 aromatic heterocycles. The summed E-state index contributed by atoms with van der Waals surface area (Å²) in [7, 11) is 0. The minimum atomic E-state index is -0.833. The van der Waals surface area contributed by atoms with E-state index in [0.29, 0.717) is 12.8 Å². The van der Waals surface area contributed by atoms with Crippen LogP contribution >= 0.6 is 0 Å². The predicted octanol–water partition coefficient (Wildman–Crippen LogP) is 12.4. The van der Waals surface area contributed by atoms with Gasteiger partial charge in [-0.3, -0.25) is 19.2 Å². The molecule has 0 fully saturated rings. The lowest BCUT2D eigenvalue weighted by atomic mass is 10.1. The van der Waals surface area contributed by atoms with E-state index < -0.39 is 23.9 Å². The quantitative estimate of drug-likeness (QED) is 0.0431. The zero-order valence-corrected chi connectivity index (χ0v) is 31.5. The molecule has 0 aliphatic rings. The first-order valence-corrected chi connectivity index (χ1v) is 19.1. The number of carbonyl (C=O) groups is 4. The fourth-order valence-electron chi connectivity index (χ4n) is 4.69. The van der Waals surface area contributed by atoms with Crippen molar-refractivity contribution < 1.29 is 39.6 Å². The van der Waals surface area contributed by atoms with Crippen molar-refractivity contribution in [2.45, 2.75) is 207 Å². The second-order valence-electron chi connectivity index (χ2n) is 12.5. The fraction of sp³-hybridized carbons (Fsp3) is 0.800. The number of hydrogen-bond donors (Lipinski definition) is 4. The van der Waals surface area contributed by atoms with Gasteiger partial charge in [-0.1, -0.05) is 141 Å². The molecule has 284 valence electrons. The Hall–Kier alpha value is -2.64. The lowest BCUT2D eigenvalue weighted by Crippen LogP contribution is -1.93. The first kappa shape index (κ1) is 52.2. The highest BCUT2D eigenvalue weighted by Gasteiger charge is 1.97. The first-order valence-electron chi connectivity index (χ1n) is 19.1. The molecule has 0 heterocycles. The van der Waals surface area contributed by atoms with Gasteiger partial charge in [-0.15, -0.1) is 0 Å². The van der Waals surface area contributed by atoms with Crippen LogP contribution in [0, 0.1) is 0 Å². The molecule has 0 saturated heterocycles. The van der Waals surface area contributed by atoms with Crippen LogP contribution < -0.4 is 0 Å². The maximum atomic E-state index is 10.3. The molecule has 0 atom stereocenters. The summed E-state index contributed by atoms with van der Waals surface area (Å²) in [6.45, 7) is 6.68. The average molecular weight is 685 g/mol. The highest BCUT2D eigenvalue weighted by molar-refractivity contribution is 5.66. The lowest BCUT2D eigenvalue weighted by molar-refractivity contribution is -0.138. The Labute approximate surface area is 294 Å². The Kier molecular flexibility index (Phi) is 53.0. The summed E-state index contributed by atoms with van der Waals surface area (Å²) in [5.74, 6) is -3.00. The van der Waals surface area contributed by atoms with Gasteiger partial charge in [-0.05, 0) is 64.2 Å². The Morgan fingerprint density at radius 1 is 0.354 bits per heavy atom. The van der Waals surface area contributed by atoms with Gasteiger partial charge in [0.1, 0.15) is 0 Å². The molecule has 0 bridgehead atoms. The van der Waals surface area contributed by atoms with Gasteiger partial charge < -0.3 is 20.4 Å². The molecule has 0 amide bonds. The van der Waals surface area contributed by atoms with Crippen molar-refractivity contribution in [3.05, 3.63) is 24.3 Å². The number of hydrogen-bond acceptors (Lipinski definition) is 4. The second kappa shape index (κ2) is 48.8. The Morgan fingerprint density at radius 2 is 0.542 bits per heavy atom. The van der Waals surface area contributed by atoms with E-state index in [1.807, 2.05) is 0 Å². The Balaban J connectivity index is -0.000000329. The van der Waals surface area contributed by atoms with E-state index in [4.69, 9.17) is 30.0 Å². The molecule has 0 unspecified atom stereocenters. The van der Waals surface area contributed by atoms with Crippen molar-refractivity contribution in [1.82, 2.24) is 0 Å². The van der Waals surface area contributed by atoms with E-state index in [1.54, 1.807) is 0 Å². The van der Waals surface area contributed by atoms with Gasteiger partial charge in [0.2, 0.25) is 0 Å². The molecular weight excluding hydrogens is 608 g/mol. The third kappa shape index (κ3) is 79.1. The molecule has 8 nitrogen and oxygen atoms in total. The van der Waals surface area contributed by atoms with Gasteiger partial charge in [-0.25, -0.2) is 0 Å². The summed E-state index contributed by atoms with van der Waals surface area (Å²) in [6, 6.07) is 0. The number of unbranched alkanes of at least 4 members (excludes halogenated alkanes) is 22. The van der Waals surface area contributed by atoms with Gasteiger partial charge >= 0.3 is 11.9 Å². The minimum Gasteiger partial charge on any atom is -0.481 e. The monoisotopic (exact) mass is 685 g/mol. The predicted molar refractivity (Wildman–Crippen MR) is 201 cm³/mol. The summed E-state index contributed by atoms with van der Waals surface area (Å²) in [5.41, 5.74) is 0. The number of aliphatic carboxylic acids is 4. The minimum absolute atomic E-state index is 0.332. The van der Waals surface area contributed by atoms with Crippen molar-refractivity contribution in [2.75, 3.05) is 0 Å². The van der Waals surface area contributed by atoms with E-state index in [9.17, 15) is 9.59 Å². The van der Waals surface area contributed by atoms with E-state index in [0.717, 1.165) is 39.5 Å². The molecule has 0 aliphatic carbocycles. The van der Waals surface area contributed by atoms with E-state index >= 15 is 0 Å². The van der Waals surface area contributed by atoms with Crippen LogP contribution in [0.2, 0.25) is 0 Å². The molecule has 8 heteroatoms. The van der Waals surface area contributed by atoms with E-state index in [2.05, 4.69) is 38.2 Å². The molecule has 4 N–H and O–H groups in total. The zero-order valence-electron chi connectivity index (χ0n) is 31.5. The highest BCUT2D eigenvalue weighted by Crippen LogP contribution is 2.11. The van der Waals surface area contributed by atoms with Crippen LogP contribution in [0.25, 0.3) is 0 Å². The smallest absolute Gasteiger partial charge is 0.303 e. The van der Waals surface area contributed by atoms with Crippen molar-refractivity contribution in [3.8, 4) is 0 Å². The van der Waals surface area contributed by atoms with Crippen LogP contribution in [0.4, 0.5) is 0 Å². The molecule has 0 radical (unpaired) electrons. The van der Waals surface area contributed by atoms with Crippen LogP contribution in [0.1, 0.15) is 207 Å². The highest BCUT2D eigenvalue weighted by atomic mass is 16.4. The molecule has 0 aromatic rings. The molecule has 0 rings (SSSR count). The maximum Gasteiger partial charge on any atom is 0.303 e. The fourth-order valence-corrected chi connectivity index (χ4v) is 4.69. The molecule has 0 aromatic carbocycles. The summed E-state index contributed by atoms with van der Waals surface area (Å²) in [6.07, 6.45) is 42.5. The number of rotatable bonds is 30. The SMILES string of the molecule is CC(=O)O.CC(=O)O.CCCCCCCC/C=C\CCCCCCCC(=O)O.CCCCCCCC/C=C\CCCCCCCC(=O)O. The molecule has 0 saturated carbocycles. The Morgan fingerprint density at radius 3 is 0.750 bits per heavy atom. The normalized spacial score (nSPS) is 10.4. The number of carboxylic acids is 4. The summed E-state index contributed by atoms with van der Waals surface area (Å²) in [4.78, 5) is 38.6. The lowest BCUT2D eigenvalue weighted by Gasteiger charge is -1.99. The van der Waals surface area contributed by atoms with Crippen molar-refractivity contribution in [3.63, 3.8) is 0 Å². The summed E-state index contributed by atoms with van der Waals surface area (Å²) in [5, 5.41) is 31.8.